The number of nitrogens with zero attached hydrogens (tertiary/aromatic N) is 1. The van der Waals surface area contributed by atoms with Crippen LogP contribution in [0.25, 0.3) is 0 Å². The number of aromatic nitrogens is 1. The zero-order valence-corrected chi connectivity index (χ0v) is 10.5. The number of nitrogens with two attached hydrogens (primary N) is 1. The van der Waals surface area contributed by atoms with Gasteiger partial charge in [0.1, 0.15) is 10.6 Å². The fourth-order valence-corrected chi connectivity index (χ4v) is 2.76. The average Bonchev–Trinajstić information content (AvgIpc) is 2.24. The molecule has 19 heavy (non-hydrogen) atoms. The van der Waals surface area contributed by atoms with E-state index in [-0.39, 0.29) is 0 Å². The Labute approximate surface area is 108 Å². The number of hydrogen-bond donors (Lipinski definition) is 1. The van der Waals surface area contributed by atoms with Crippen molar-refractivity contribution in [2.75, 3.05) is 0 Å². The lowest BCUT2D eigenvalue weighted by molar-refractivity contribution is -0.140. The monoisotopic (exact) mass is 324 g/mol. The van der Waals surface area contributed by atoms with Crippen molar-refractivity contribution < 1.29 is 30.4 Å². The lowest BCUT2D eigenvalue weighted by Crippen LogP contribution is -2.19. The van der Waals surface area contributed by atoms with Crippen LogP contribution in [0.2, 0.25) is 0 Å². The first-order chi connectivity index (χ1) is 8.50. The third-order valence-electron chi connectivity index (χ3n) is 2.09. The zero-order chi connectivity index (χ0) is 15.0. The van der Waals surface area contributed by atoms with Crippen molar-refractivity contribution in [1.29, 1.82) is 0 Å². The van der Waals surface area contributed by atoms with Crippen LogP contribution in [0.5, 0.6) is 0 Å². The Morgan fingerprint density at radius 1 is 1.37 bits per heavy atom. The first-order valence-corrected chi connectivity index (χ1v) is 6.83. The molecule has 0 aromatic carbocycles. The van der Waals surface area contributed by atoms with Gasteiger partial charge in [-0.1, -0.05) is 0 Å². The molecule has 0 saturated heterocycles. The molecule has 0 amide bonds. The van der Waals surface area contributed by atoms with Crippen LogP contribution >= 0.6 is 10.7 Å². The van der Waals surface area contributed by atoms with Crippen LogP contribution < -0.4 is 5.73 Å². The number of halogens is 6. The van der Waals surface area contributed by atoms with Crippen molar-refractivity contribution in [3.63, 3.8) is 0 Å². The second-order valence-electron chi connectivity index (χ2n) is 3.31. The summed E-state index contributed by atoms with van der Waals surface area (Å²) in [6.45, 7) is -0.731. The average molecular weight is 325 g/mol. The Bertz CT molecular complexity index is 588. The van der Waals surface area contributed by atoms with E-state index >= 15 is 0 Å². The highest BCUT2D eigenvalue weighted by molar-refractivity contribution is 8.13. The summed E-state index contributed by atoms with van der Waals surface area (Å²) in [7, 11) is -0.265. The zero-order valence-electron chi connectivity index (χ0n) is 8.88. The van der Waals surface area contributed by atoms with Crippen LogP contribution in [-0.4, -0.2) is 13.4 Å². The molecule has 0 bridgehead atoms. The highest BCUT2D eigenvalue weighted by atomic mass is 35.7. The second kappa shape index (κ2) is 5.17. The van der Waals surface area contributed by atoms with Crippen molar-refractivity contribution in [3.8, 4) is 0 Å². The number of pyridine rings is 1. The van der Waals surface area contributed by atoms with E-state index in [0.29, 0.717) is 6.20 Å². The molecule has 0 atom stereocenters. The molecule has 0 unspecified atom stereocenters. The van der Waals surface area contributed by atoms with Crippen molar-refractivity contribution in [3.05, 3.63) is 23.0 Å². The molecule has 1 rings (SSSR count). The third kappa shape index (κ3) is 3.31. The lowest BCUT2D eigenvalue weighted by Gasteiger charge is -2.17. The summed E-state index contributed by atoms with van der Waals surface area (Å²) < 4.78 is 85.9. The maximum absolute atomic E-state index is 12.8. The van der Waals surface area contributed by atoms with Gasteiger partial charge < -0.3 is 5.73 Å². The van der Waals surface area contributed by atoms with Crippen LogP contribution in [0, 0.1) is 0 Å². The van der Waals surface area contributed by atoms with Gasteiger partial charge in [0.25, 0.3) is 15.5 Å². The van der Waals surface area contributed by atoms with E-state index in [2.05, 4.69) is 4.98 Å². The minimum atomic E-state index is -5.21. The Morgan fingerprint density at radius 2 is 1.89 bits per heavy atom. The molecule has 0 fully saturated rings. The standard InChI is InChI=1S/C8H6ClF5N2O2S/c9-19(17,18)6-4(8(12,13)14)3(1-15)2-16-5(6)7(10)11/h2,7H,1,15H2. The predicted octanol–water partition coefficient (Wildman–Crippen LogP) is 2.42. The molecule has 0 saturated carbocycles. The second-order valence-corrected chi connectivity index (χ2v) is 5.82. The van der Waals surface area contributed by atoms with E-state index in [9.17, 15) is 30.4 Å². The summed E-state index contributed by atoms with van der Waals surface area (Å²) in [6.07, 6.45) is -8.29. The largest absolute Gasteiger partial charge is 0.418 e. The van der Waals surface area contributed by atoms with Crippen molar-refractivity contribution in [1.82, 2.24) is 4.98 Å². The number of rotatable bonds is 3. The molecule has 1 heterocycles. The van der Waals surface area contributed by atoms with E-state index in [1.54, 1.807) is 0 Å². The fraction of sp³-hybridized carbons (Fsp3) is 0.375. The van der Waals surface area contributed by atoms with E-state index < -0.39 is 49.9 Å². The third-order valence-corrected chi connectivity index (χ3v) is 3.46. The minimum Gasteiger partial charge on any atom is -0.326 e. The normalized spacial score (nSPS) is 13.1. The summed E-state index contributed by atoms with van der Waals surface area (Å²) in [6, 6.07) is 0. The van der Waals surface area contributed by atoms with Gasteiger partial charge in [-0.15, -0.1) is 0 Å². The van der Waals surface area contributed by atoms with Crippen molar-refractivity contribution in [2.24, 2.45) is 5.73 Å². The van der Waals surface area contributed by atoms with Gasteiger partial charge in [0.05, 0.1) is 5.56 Å². The topological polar surface area (TPSA) is 73.0 Å². The molecular weight excluding hydrogens is 319 g/mol. The Balaban J connectivity index is 3.89. The highest BCUT2D eigenvalue weighted by Gasteiger charge is 2.42. The summed E-state index contributed by atoms with van der Waals surface area (Å²) in [5, 5.41) is 0. The van der Waals surface area contributed by atoms with Gasteiger partial charge in [-0.3, -0.25) is 4.98 Å². The molecular formula is C8H6ClF5N2O2S. The smallest absolute Gasteiger partial charge is 0.326 e. The number of hydrogen-bond acceptors (Lipinski definition) is 4. The molecule has 11 heteroatoms. The molecule has 4 nitrogen and oxygen atoms in total. The molecule has 0 radical (unpaired) electrons. The molecule has 0 aliphatic carbocycles. The van der Waals surface area contributed by atoms with Gasteiger partial charge >= 0.3 is 6.18 Å². The van der Waals surface area contributed by atoms with Crippen molar-refractivity contribution in [2.45, 2.75) is 24.0 Å². The van der Waals surface area contributed by atoms with Gasteiger partial charge in [-0.05, 0) is 5.56 Å². The maximum atomic E-state index is 12.8. The molecule has 0 aliphatic heterocycles. The maximum Gasteiger partial charge on any atom is 0.418 e. The molecule has 0 spiro atoms. The van der Waals surface area contributed by atoms with Gasteiger partial charge in [-0.25, -0.2) is 17.2 Å². The van der Waals surface area contributed by atoms with E-state index in [1.807, 2.05) is 0 Å². The van der Waals surface area contributed by atoms with E-state index in [0.717, 1.165) is 0 Å². The van der Waals surface area contributed by atoms with Gasteiger partial charge in [0.15, 0.2) is 0 Å². The van der Waals surface area contributed by atoms with Crippen LogP contribution in [0.4, 0.5) is 22.0 Å². The van der Waals surface area contributed by atoms with Gasteiger partial charge in [0, 0.05) is 23.4 Å². The number of alkyl halides is 5. The van der Waals surface area contributed by atoms with Crippen LogP contribution in [0.1, 0.15) is 23.2 Å². The summed E-state index contributed by atoms with van der Waals surface area (Å²) in [5.41, 5.74) is 0.915. The van der Waals surface area contributed by atoms with E-state index in [1.165, 1.54) is 0 Å². The molecule has 1 aromatic rings. The summed E-state index contributed by atoms with van der Waals surface area (Å²) in [4.78, 5) is 1.25. The highest BCUT2D eigenvalue weighted by Crippen LogP contribution is 2.41. The van der Waals surface area contributed by atoms with Crippen LogP contribution in [0.3, 0.4) is 0 Å². The van der Waals surface area contributed by atoms with Crippen molar-refractivity contribution >= 4 is 19.7 Å². The van der Waals surface area contributed by atoms with Crippen LogP contribution in [0.15, 0.2) is 11.1 Å². The van der Waals surface area contributed by atoms with Gasteiger partial charge in [-0.2, -0.15) is 13.2 Å². The molecule has 1 aromatic heterocycles. The predicted molar refractivity (Wildman–Crippen MR) is 55.1 cm³/mol. The SMILES string of the molecule is NCc1cnc(C(F)F)c(S(=O)(=O)Cl)c1C(F)(F)F. The first kappa shape index (κ1) is 16.1. The lowest BCUT2D eigenvalue weighted by atomic mass is 10.1. The Kier molecular flexibility index (Phi) is 4.37. The van der Waals surface area contributed by atoms with Gasteiger partial charge in [0.2, 0.25) is 0 Å². The Hall–Kier alpha value is -1.00. The molecule has 0 aliphatic rings. The summed E-state index contributed by atoms with van der Waals surface area (Å²) >= 11 is 0. The minimum absolute atomic E-state index is 0.454. The molecule has 2 N–H and O–H groups in total. The molecule has 108 valence electrons. The first-order valence-electron chi connectivity index (χ1n) is 4.52. The fourth-order valence-electron chi connectivity index (χ4n) is 1.41. The summed E-state index contributed by atoms with van der Waals surface area (Å²) in [5.74, 6) is 0. The quantitative estimate of drug-likeness (QED) is 0.684. The van der Waals surface area contributed by atoms with E-state index in [4.69, 9.17) is 16.4 Å². The van der Waals surface area contributed by atoms with Crippen LogP contribution in [-0.2, 0) is 21.8 Å². The Morgan fingerprint density at radius 3 is 2.21 bits per heavy atom.